The number of carbonyl (C=O) groups is 2. The summed E-state index contributed by atoms with van der Waals surface area (Å²) in [6.07, 6.45) is 0. The zero-order chi connectivity index (χ0) is 14.9. The molecule has 0 bridgehead atoms. The molecular formula is C13H9BrClNO3S. The first kappa shape index (κ1) is 15.0. The van der Waals surface area contributed by atoms with E-state index in [1.54, 1.807) is 6.07 Å². The summed E-state index contributed by atoms with van der Waals surface area (Å²) in [6, 6.07) is 6.04. The van der Waals surface area contributed by atoms with Crippen molar-refractivity contribution in [3.05, 3.63) is 49.1 Å². The molecule has 2 N–H and O–H groups in total. The van der Waals surface area contributed by atoms with Crippen LogP contribution in [0.25, 0.3) is 0 Å². The van der Waals surface area contributed by atoms with Crippen LogP contribution >= 0.6 is 38.9 Å². The molecular weight excluding hydrogens is 366 g/mol. The highest BCUT2D eigenvalue weighted by atomic mass is 79.9. The van der Waals surface area contributed by atoms with Gasteiger partial charge in [0.05, 0.1) is 19.9 Å². The predicted octanol–water partition coefficient (Wildman–Crippen LogP) is 4.42. The minimum atomic E-state index is -1.15. The Labute approximate surface area is 132 Å². The van der Waals surface area contributed by atoms with Crippen LogP contribution in [0.5, 0.6) is 0 Å². The summed E-state index contributed by atoms with van der Waals surface area (Å²) in [5.74, 6) is -1.50. The van der Waals surface area contributed by atoms with Crippen molar-refractivity contribution in [1.29, 1.82) is 0 Å². The van der Waals surface area contributed by atoms with E-state index >= 15 is 0 Å². The van der Waals surface area contributed by atoms with Crippen molar-refractivity contribution in [2.24, 2.45) is 0 Å². The van der Waals surface area contributed by atoms with E-state index in [1.165, 1.54) is 29.5 Å². The molecule has 7 heteroatoms. The van der Waals surface area contributed by atoms with Crippen LogP contribution in [0.3, 0.4) is 0 Å². The number of aryl methyl sites for hydroxylation is 1. The number of nitrogens with one attached hydrogen (secondary N) is 1. The quantitative estimate of drug-likeness (QED) is 0.835. The number of halogens is 2. The van der Waals surface area contributed by atoms with Gasteiger partial charge in [0.1, 0.15) is 0 Å². The molecule has 1 aromatic carbocycles. The molecule has 0 unspecified atom stereocenters. The van der Waals surface area contributed by atoms with Gasteiger partial charge in [-0.1, -0.05) is 11.6 Å². The molecule has 0 aliphatic heterocycles. The summed E-state index contributed by atoms with van der Waals surface area (Å²) in [5.41, 5.74) is 1.13. The molecule has 2 rings (SSSR count). The SMILES string of the molecule is Cc1cc(C(=O)Nc2ccc(Cl)cc2C(=O)O)sc1Br. The number of hydrogen-bond acceptors (Lipinski definition) is 3. The van der Waals surface area contributed by atoms with E-state index in [9.17, 15) is 9.59 Å². The van der Waals surface area contributed by atoms with Gasteiger partial charge < -0.3 is 10.4 Å². The first-order chi connectivity index (χ1) is 9.38. The summed E-state index contributed by atoms with van der Waals surface area (Å²) < 4.78 is 0.872. The summed E-state index contributed by atoms with van der Waals surface area (Å²) >= 11 is 10.4. The molecule has 0 aliphatic carbocycles. The van der Waals surface area contributed by atoms with Crippen molar-refractivity contribution in [3.63, 3.8) is 0 Å². The van der Waals surface area contributed by atoms with Crippen LogP contribution in [0.1, 0.15) is 25.6 Å². The van der Waals surface area contributed by atoms with E-state index in [-0.39, 0.29) is 17.2 Å². The number of amides is 1. The molecule has 0 spiro atoms. The third-order valence-corrected chi connectivity index (χ3v) is 4.91. The van der Waals surface area contributed by atoms with Gasteiger partial charge in [0.25, 0.3) is 5.91 Å². The molecule has 2 aromatic rings. The Balaban J connectivity index is 2.30. The number of rotatable bonds is 3. The molecule has 0 aliphatic rings. The Morgan fingerprint density at radius 3 is 2.60 bits per heavy atom. The third-order valence-electron chi connectivity index (χ3n) is 2.54. The Bertz CT molecular complexity index is 679. The predicted molar refractivity (Wildman–Crippen MR) is 83.1 cm³/mol. The zero-order valence-corrected chi connectivity index (χ0v) is 13.4. The number of carboxylic acids is 1. The van der Waals surface area contributed by atoms with Gasteiger partial charge in [0, 0.05) is 5.02 Å². The molecule has 20 heavy (non-hydrogen) atoms. The summed E-state index contributed by atoms with van der Waals surface area (Å²) in [4.78, 5) is 23.7. The van der Waals surface area contributed by atoms with Crippen molar-refractivity contribution < 1.29 is 14.7 Å². The van der Waals surface area contributed by atoms with Gasteiger partial charge in [0.2, 0.25) is 0 Å². The highest BCUT2D eigenvalue weighted by Gasteiger charge is 2.16. The van der Waals surface area contributed by atoms with E-state index in [4.69, 9.17) is 16.7 Å². The lowest BCUT2D eigenvalue weighted by molar-refractivity contribution is 0.0698. The van der Waals surface area contributed by atoms with Crippen molar-refractivity contribution in [2.45, 2.75) is 6.92 Å². The van der Waals surface area contributed by atoms with Crippen LogP contribution < -0.4 is 5.32 Å². The molecule has 0 fully saturated rings. The molecule has 0 radical (unpaired) electrons. The number of thiophene rings is 1. The maximum atomic E-state index is 12.1. The van der Waals surface area contributed by atoms with E-state index in [2.05, 4.69) is 21.2 Å². The number of anilines is 1. The normalized spacial score (nSPS) is 10.3. The first-order valence-corrected chi connectivity index (χ1v) is 7.47. The highest BCUT2D eigenvalue weighted by Crippen LogP contribution is 2.28. The van der Waals surface area contributed by atoms with Gasteiger partial charge in [-0.2, -0.15) is 0 Å². The van der Waals surface area contributed by atoms with E-state index in [0.29, 0.717) is 9.90 Å². The molecule has 4 nitrogen and oxygen atoms in total. The van der Waals surface area contributed by atoms with Gasteiger partial charge in [-0.05, 0) is 52.7 Å². The second-order valence-electron chi connectivity index (χ2n) is 4.02. The average Bonchev–Trinajstić information content (AvgIpc) is 2.71. The Morgan fingerprint density at radius 2 is 2.05 bits per heavy atom. The van der Waals surface area contributed by atoms with Crippen LogP contribution in [0.4, 0.5) is 5.69 Å². The number of benzene rings is 1. The molecule has 1 aromatic heterocycles. The maximum Gasteiger partial charge on any atom is 0.337 e. The average molecular weight is 375 g/mol. The third kappa shape index (κ3) is 3.20. The van der Waals surface area contributed by atoms with Crippen molar-refractivity contribution in [3.8, 4) is 0 Å². The van der Waals surface area contributed by atoms with Crippen LogP contribution in [-0.2, 0) is 0 Å². The topological polar surface area (TPSA) is 66.4 Å². The molecule has 104 valence electrons. The fraction of sp³-hybridized carbons (Fsp3) is 0.0769. The van der Waals surface area contributed by atoms with Crippen LogP contribution in [0.15, 0.2) is 28.1 Å². The maximum absolute atomic E-state index is 12.1. The van der Waals surface area contributed by atoms with Crippen LogP contribution in [0.2, 0.25) is 5.02 Å². The second kappa shape index (κ2) is 5.95. The number of carbonyl (C=O) groups excluding carboxylic acids is 1. The van der Waals surface area contributed by atoms with Crippen molar-refractivity contribution in [1.82, 2.24) is 0 Å². The standard InChI is InChI=1S/C13H9BrClNO3S/c1-6-4-10(20-11(6)14)12(17)16-9-3-2-7(15)5-8(9)13(18)19/h2-5H,1H3,(H,16,17)(H,18,19). The number of carboxylic acid groups (broad SMARTS) is 1. The van der Waals surface area contributed by atoms with Gasteiger partial charge in [-0.3, -0.25) is 4.79 Å². The van der Waals surface area contributed by atoms with Gasteiger partial charge >= 0.3 is 5.97 Å². The van der Waals surface area contributed by atoms with E-state index in [1.807, 2.05) is 6.92 Å². The molecule has 1 amide bonds. The Kier molecular flexibility index (Phi) is 4.47. The van der Waals surface area contributed by atoms with Gasteiger partial charge in [-0.15, -0.1) is 11.3 Å². The summed E-state index contributed by atoms with van der Waals surface area (Å²) in [5, 5.41) is 12.0. The highest BCUT2D eigenvalue weighted by molar-refractivity contribution is 9.11. The molecule has 1 heterocycles. The summed E-state index contributed by atoms with van der Waals surface area (Å²) in [6.45, 7) is 1.88. The van der Waals surface area contributed by atoms with Gasteiger partial charge in [-0.25, -0.2) is 4.79 Å². The Morgan fingerprint density at radius 1 is 1.35 bits per heavy atom. The molecule has 0 saturated heterocycles. The van der Waals surface area contributed by atoms with E-state index < -0.39 is 5.97 Å². The van der Waals surface area contributed by atoms with Crippen LogP contribution in [0, 0.1) is 6.92 Å². The fourth-order valence-electron chi connectivity index (χ4n) is 1.56. The first-order valence-electron chi connectivity index (χ1n) is 5.48. The second-order valence-corrected chi connectivity index (χ2v) is 6.82. The lowest BCUT2D eigenvalue weighted by Gasteiger charge is -2.07. The number of aromatic carboxylic acids is 1. The minimum absolute atomic E-state index is 0.0433. The fourth-order valence-corrected chi connectivity index (χ4v) is 3.16. The van der Waals surface area contributed by atoms with Crippen molar-refractivity contribution >= 4 is 56.4 Å². The Hall–Kier alpha value is -1.37. The number of hydrogen-bond donors (Lipinski definition) is 2. The molecule has 0 atom stereocenters. The lowest BCUT2D eigenvalue weighted by atomic mass is 10.1. The zero-order valence-electron chi connectivity index (χ0n) is 10.2. The lowest BCUT2D eigenvalue weighted by Crippen LogP contribution is -2.13. The smallest absolute Gasteiger partial charge is 0.337 e. The van der Waals surface area contributed by atoms with Crippen molar-refractivity contribution in [2.75, 3.05) is 5.32 Å². The van der Waals surface area contributed by atoms with Gasteiger partial charge in [0.15, 0.2) is 0 Å². The van der Waals surface area contributed by atoms with Crippen LogP contribution in [-0.4, -0.2) is 17.0 Å². The molecule has 0 saturated carbocycles. The minimum Gasteiger partial charge on any atom is -0.478 e. The summed E-state index contributed by atoms with van der Waals surface area (Å²) in [7, 11) is 0. The van der Waals surface area contributed by atoms with E-state index in [0.717, 1.165) is 9.35 Å². The monoisotopic (exact) mass is 373 g/mol. The largest absolute Gasteiger partial charge is 0.478 e.